The molecule has 0 unspecified atom stereocenters. The molecule has 1 heterocycles. The fourth-order valence-corrected chi connectivity index (χ4v) is 1.91. The van der Waals surface area contributed by atoms with E-state index in [-0.39, 0.29) is 0 Å². The Morgan fingerprint density at radius 2 is 1.94 bits per heavy atom. The van der Waals surface area contributed by atoms with Crippen LogP contribution in [0.5, 0.6) is 5.75 Å². The Morgan fingerprint density at radius 1 is 1.17 bits per heavy atom. The van der Waals surface area contributed by atoms with Crippen LogP contribution in [0, 0.1) is 6.92 Å². The van der Waals surface area contributed by atoms with Crippen LogP contribution in [0.2, 0.25) is 10.2 Å². The van der Waals surface area contributed by atoms with E-state index in [2.05, 4.69) is 15.3 Å². The van der Waals surface area contributed by atoms with Crippen LogP contribution in [-0.4, -0.2) is 17.1 Å². The van der Waals surface area contributed by atoms with Gasteiger partial charge in [-0.1, -0.05) is 23.2 Å². The van der Waals surface area contributed by atoms with Gasteiger partial charge < -0.3 is 10.1 Å². The van der Waals surface area contributed by atoms with Gasteiger partial charge in [0.2, 0.25) is 0 Å². The summed E-state index contributed by atoms with van der Waals surface area (Å²) in [5, 5.41) is 4.09. The molecule has 0 fully saturated rings. The molecule has 1 N–H and O–H groups in total. The van der Waals surface area contributed by atoms with Crippen LogP contribution >= 0.6 is 23.2 Å². The van der Waals surface area contributed by atoms with Crippen LogP contribution in [-0.2, 0) is 0 Å². The highest BCUT2D eigenvalue weighted by atomic mass is 35.5. The van der Waals surface area contributed by atoms with Gasteiger partial charge in [-0.3, -0.25) is 0 Å². The fraction of sp³-hybridized carbons (Fsp3) is 0.167. The molecule has 0 aliphatic heterocycles. The monoisotopic (exact) mass is 283 g/mol. The lowest BCUT2D eigenvalue weighted by atomic mass is 10.3. The van der Waals surface area contributed by atoms with Crippen molar-refractivity contribution in [2.75, 3.05) is 12.4 Å². The van der Waals surface area contributed by atoms with Crippen molar-refractivity contribution in [2.45, 2.75) is 6.92 Å². The summed E-state index contributed by atoms with van der Waals surface area (Å²) in [6.45, 7) is 1.77. The summed E-state index contributed by atoms with van der Waals surface area (Å²) in [5.41, 5.74) is 0.721. The van der Waals surface area contributed by atoms with Crippen molar-refractivity contribution in [1.29, 1.82) is 0 Å². The minimum atomic E-state index is 0.381. The van der Waals surface area contributed by atoms with Gasteiger partial charge in [0.1, 0.15) is 22.5 Å². The zero-order valence-electron chi connectivity index (χ0n) is 9.87. The maximum atomic E-state index is 5.95. The normalized spacial score (nSPS) is 10.2. The molecule has 18 heavy (non-hydrogen) atoms. The molecule has 0 atom stereocenters. The topological polar surface area (TPSA) is 47.0 Å². The number of aromatic nitrogens is 2. The molecule has 1 aromatic carbocycles. The summed E-state index contributed by atoms with van der Waals surface area (Å²) < 4.78 is 5.24. The Kier molecular flexibility index (Phi) is 3.89. The van der Waals surface area contributed by atoms with E-state index in [1.165, 1.54) is 0 Å². The average Bonchev–Trinajstić information content (AvgIpc) is 2.27. The minimum Gasteiger partial charge on any atom is -0.495 e. The highest BCUT2D eigenvalue weighted by Gasteiger charge is 2.06. The van der Waals surface area contributed by atoms with Gasteiger partial charge in [0, 0.05) is 11.1 Å². The van der Waals surface area contributed by atoms with E-state index in [1.807, 2.05) is 0 Å². The number of benzene rings is 1. The first-order valence-electron chi connectivity index (χ1n) is 5.20. The predicted molar refractivity (Wildman–Crippen MR) is 73.1 cm³/mol. The third kappa shape index (κ3) is 3.03. The zero-order chi connectivity index (χ0) is 13.1. The van der Waals surface area contributed by atoms with Crippen LogP contribution in [0.4, 0.5) is 11.5 Å². The molecule has 0 radical (unpaired) electrons. The fourth-order valence-electron chi connectivity index (χ4n) is 1.51. The third-order valence-electron chi connectivity index (χ3n) is 2.23. The maximum absolute atomic E-state index is 5.95. The van der Waals surface area contributed by atoms with Crippen molar-refractivity contribution >= 4 is 34.7 Å². The summed E-state index contributed by atoms with van der Waals surface area (Å²) in [4.78, 5) is 8.22. The van der Waals surface area contributed by atoms with E-state index in [9.17, 15) is 0 Å². The molecule has 2 aromatic rings. The van der Waals surface area contributed by atoms with E-state index >= 15 is 0 Å². The Balaban J connectivity index is 2.35. The van der Waals surface area contributed by atoms with Crippen molar-refractivity contribution in [1.82, 2.24) is 9.97 Å². The Bertz CT molecular complexity index is 555. The largest absolute Gasteiger partial charge is 0.495 e. The van der Waals surface area contributed by atoms with Crippen molar-refractivity contribution in [3.63, 3.8) is 0 Å². The number of methoxy groups -OCH3 is 1. The molecule has 0 saturated carbocycles. The lowest BCUT2D eigenvalue weighted by molar-refractivity contribution is 0.417. The number of hydrogen-bond acceptors (Lipinski definition) is 4. The standard InChI is InChI=1S/C12H11Cl2N3O/c1-7-15-11(14)6-12(16-7)17-9-5-8(13)3-4-10(9)18-2/h3-6H,1-2H3,(H,15,16,17). The minimum absolute atomic E-state index is 0.381. The molecule has 0 spiro atoms. The SMILES string of the molecule is COc1ccc(Cl)cc1Nc1cc(Cl)nc(C)n1. The summed E-state index contributed by atoms with van der Waals surface area (Å²) >= 11 is 11.8. The lowest BCUT2D eigenvalue weighted by Crippen LogP contribution is -1.99. The Morgan fingerprint density at radius 3 is 2.61 bits per heavy atom. The number of hydrogen-bond donors (Lipinski definition) is 1. The molecule has 2 rings (SSSR count). The van der Waals surface area contributed by atoms with Gasteiger partial charge in [0.15, 0.2) is 0 Å². The molecule has 0 saturated heterocycles. The van der Waals surface area contributed by atoms with Gasteiger partial charge in [0.25, 0.3) is 0 Å². The van der Waals surface area contributed by atoms with Gasteiger partial charge in [-0.25, -0.2) is 9.97 Å². The molecular formula is C12H11Cl2N3O. The molecule has 0 amide bonds. The van der Waals surface area contributed by atoms with E-state index in [0.29, 0.717) is 27.6 Å². The van der Waals surface area contributed by atoms with Crippen molar-refractivity contribution < 1.29 is 4.74 Å². The molecule has 0 aliphatic rings. The number of nitrogens with zero attached hydrogens (tertiary/aromatic N) is 2. The van der Waals surface area contributed by atoms with Crippen LogP contribution in [0.25, 0.3) is 0 Å². The first-order valence-corrected chi connectivity index (χ1v) is 5.96. The first kappa shape index (κ1) is 12.9. The van der Waals surface area contributed by atoms with E-state index < -0.39 is 0 Å². The second-order valence-corrected chi connectivity index (χ2v) is 4.42. The lowest BCUT2D eigenvalue weighted by Gasteiger charge is -2.11. The van der Waals surface area contributed by atoms with Crippen LogP contribution in [0.1, 0.15) is 5.82 Å². The smallest absolute Gasteiger partial charge is 0.142 e. The van der Waals surface area contributed by atoms with Crippen molar-refractivity contribution in [3.05, 3.63) is 40.3 Å². The number of rotatable bonds is 3. The quantitative estimate of drug-likeness (QED) is 0.870. The highest BCUT2D eigenvalue weighted by molar-refractivity contribution is 6.31. The molecule has 4 nitrogen and oxygen atoms in total. The zero-order valence-corrected chi connectivity index (χ0v) is 11.4. The molecule has 6 heteroatoms. The van der Waals surface area contributed by atoms with Gasteiger partial charge in [0.05, 0.1) is 12.8 Å². The summed E-state index contributed by atoms with van der Waals surface area (Å²) in [6, 6.07) is 6.92. The number of anilines is 2. The predicted octanol–water partition coefficient (Wildman–Crippen LogP) is 3.84. The van der Waals surface area contributed by atoms with Gasteiger partial charge in [-0.2, -0.15) is 0 Å². The second kappa shape index (κ2) is 5.42. The molecule has 0 bridgehead atoms. The summed E-state index contributed by atoms with van der Waals surface area (Å²) in [6.07, 6.45) is 0. The Hall–Kier alpha value is -1.52. The summed E-state index contributed by atoms with van der Waals surface area (Å²) in [5.74, 6) is 1.85. The number of halogens is 2. The van der Waals surface area contributed by atoms with E-state index in [4.69, 9.17) is 27.9 Å². The van der Waals surface area contributed by atoms with Gasteiger partial charge in [-0.05, 0) is 25.1 Å². The van der Waals surface area contributed by atoms with Crippen molar-refractivity contribution in [3.8, 4) is 5.75 Å². The third-order valence-corrected chi connectivity index (χ3v) is 2.66. The number of aryl methyl sites for hydroxylation is 1. The van der Waals surface area contributed by atoms with Gasteiger partial charge in [-0.15, -0.1) is 0 Å². The first-order chi connectivity index (χ1) is 8.58. The van der Waals surface area contributed by atoms with E-state index in [1.54, 1.807) is 38.3 Å². The average molecular weight is 284 g/mol. The molecule has 0 aliphatic carbocycles. The number of nitrogens with one attached hydrogen (secondary N) is 1. The Labute approximate surface area is 115 Å². The van der Waals surface area contributed by atoms with Gasteiger partial charge >= 0.3 is 0 Å². The van der Waals surface area contributed by atoms with Crippen LogP contribution in [0.15, 0.2) is 24.3 Å². The van der Waals surface area contributed by atoms with Crippen molar-refractivity contribution in [2.24, 2.45) is 0 Å². The number of ether oxygens (including phenoxy) is 1. The maximum Gasteiger partial charge on any atom is 0.142 e. The van der Waals surface area contributed by atoms with Crippen LogP contribution < -0.4 is 10.1 Å². The summed E-state index contributed by atoms with van der Waals surface area (Å²) in [7, 11) is 1.59. The second-order valence-electron chi connectivity index (χ2n) is 3.59. The molecule has 94 valence electrons. The van der Waals surface area contributed by atoms with E-state index in [0.717, 1.165) is 5.69 Å². The van der Waals surface area contributed by atoms with Crippen LogP contribution in [0.3, 0.4) is 0 Å². The highest BCUT2D eigenvalue weighted by Crippen LogP contribution is 2.30. The molecule has 1 aromatic heterocycles. The molecular weight excluding hydrogens is 273 g/mol.